The average Bonchev–Trinajstić information content (AvgIpc) is 2.48. The molecule has 7 heteroatoms. The number of sulfonamides is 1. The predicted molar refractivity (Wildman–Crippen MR) is 82.2 cm³/mol. The van der Waals surface area contributed by atoms with Crippen LogP contribution in [0.4, 0.5) is 0 Å². The number of hydrogen-bond acceptors (Lipinski definition) is 3. The van der Waals surface area contributed by atoms with Gasteiger partial charge in [-0.25, -0.2) is 8.42 Å². The molecule has 5 nitrogen and oxygen atoms in total. The number of rotatable bonds is 5. The Morgan fingerprint density at radius 1 is 1.29 bits per heavy atom. The number of nitrogens with one attached hydrogen (secondary N) is 1. The van der Waals surface area contributed by atoms with E-state index in [0.29, 0.717) is 37.6 Å². The molecule has 21 heavy (non-hydrogen) atoms. The summed E-state index contributed by atoms with van der Waals surface area (Å²) in [6.07, 6.45) is -0.526. The van der Waals surface area contributed by atoms with Crippen LogP contribution >= 0.6 is 11.6 Å². The molecule has 118 valence electrons. The van der Waals surface area contributed by atoms with Crippen molar-refractivity contribution in [3.63, 3.8) is 0 Å². The molecule has 0 aliphatic carbocycles. The predicted octanol–water partition coefficient (Wildman–Crippen LogP) is -0.516. The highest BCUT2D eigenvalue weighted by Crippen LogP contribution is 2.16. The first-order chi connectivity index (χ1) is 9.93. The van der Waals surface area contributed by atoms with Crippen LogP contribution in [0.1, 0.15) is 5.56 Å². The lowest BCUT2D eigenvalue weighted by molar-refractivity contribution is -0.906. The Labute approximate surface area is 131 Å². The van der Waals surface area contributed by atoms with Crippen LogP contribution in [0.3, 0.4) is 0 Å². The highest BCUT2D eigenvalue weighted by atomic mass is 35.5. The second kappa shape index (κ2) is 7.07. The van der Waals surface area contributed by atoms with Crippen LogP contribution in [0.2, 0.25) is 0 Å². The fourth-order valence-electron chi connectivity index (χ4n) is 2.49. The second-order valence-corrected chi connectivity index (χ2v) is 7.73. The maximum atomic E-state index is 12.5. The van der Waals surface area contributed by atoms with Gasteiger partial charge in [0.1, 0.15) is 12.6 Å². The Morgan fingerprint density at radius 2 is 1.86 bits per heavy atom. The summed E-state index contributed by atoms with van der Waals surface area (Å²) < 4.78 is 26.6. The van der Waals surface area contributed by atoms with Crippen molar-refractivity contribution in [2.24, 2.45) is 0 Å². The summed E-state index contributed by atoms with van der Waals surface area (Å²) in [5.74, 6) is 0.217. The van der Waals surface area contributed by atoms with Gasteiger partial charge in [0.2, 0.25) is 10.0 Å². The van der Waals surface area contributed by atoms with Crippen molar-refractivity contribution in [3.05, 3.63) is 29.8 Å². The Hall–Kier alpha value is -0.660. The summed E-state index contributed by atoms with van der Waals surface area (Å²) in [7, 11) is -3.40. The normalized spacial score (nSPS) is 19.6. The van der Waals surface area contributed by atoms with Gasteiger partial charge in [0.05, 0.1) is 37.0 Å². The molecule has 1 aromatic carbocycles. The molecule has 2 rings (SSSR count). The van der Waals surface area contributed by atoms with E-state index < -0.39 is 16.1 Å². The van der Waals surface area contributed by atoms with Crippen LogP contribution < -0.4 is 4.90 Å². The van der Waals surface area contributed by atoms with Gasteiger partial charge < -0.3 is 10.0 Å². The first kappa shape index (κ1) is 16.7. The van der Waals surface area contributed by atoms with Crippen LogP contribution in [0.5, 0.6) is 0 Å². The van der Waals surface area contributed by atoms with Gasteiger partial charge in [0.25, 0.3) is 0 Å². The van der Waals surface area contributed by atoms with E-state index >= 15 is 0 Å². The minimum absolute atomic E-state index is 0.217. The van der Waals surface area contributed by atoms with Crippen LogP contribution in [0.25, 0.3) is 0 Å². The summed E-state index contributed by atoms with van der Waals surface area (Å²) >= 11 is 5.60. The van der Waals surface area contributed by atoms with Gasteiger partial charge in [0.15, 0.2) is 0 Å². The van der Waals surface area contributed by atoms with Crippen molar-refractivity contribution in [1.82, 2.24) is 4.31 Å². The molecule has 0 aromatic heterocycles. The van der Waals surface area contributed by atoms with Crippen LogP contribution in [0, 0.1) is 6.92 Å². The number of aliphatic hydroxyl groups excluding tert-OH is 1. The van der Waals surface area contributed by atoms with Crippen LogP contribution in [0.15, 0.2) is 29.2 Å². The maximum Gasteiger partial charge on any atom is 0.243 e. The molecule has 2 N–H and O–H groups in total. The fraction of sp³-hybridized carbons (Fsp3) is 0.571. The van der Waals surface area contributed by atoms with E-state index in [2.05, 4.69) is 0 Å². The Bertz CT molecular complexity index is 554. The van der Waals surface area contributed by atoms with Gasteiger partial charge in [-0.05, 0) is 19.1 Å². The van der Waals surface area contributed by atoms with Crippen molar-refractivity contribution in [3.8, 4) is 0 Å². The van der Waals surface area contributed by atoms with E-state index in [1.54, 1.807) is 12.1 Å². The Kier molecular flexibility index (Phi) is 5.62. The summed E-state index contributed by atoms with van der Waals surface area (Å²) in [5.41, 5.74) is 1.04. The molecule has 1 heterocycles. The van der Waals surface area contributed by atoms with Crippen LogP contribution in [-0.4, -0.2) is 62.5 Å². The van der Waals surface area contributed by atoms with Crippen molar-refractivity contribution in [2.75, 3.05) is 38.6 Å². The van der Waals surface area contributed by atoms with Crippen molar-refractivity contribution < 1.29 is 18.4 Å². The van der Waals surface area contributed by atoms with E-state index in [1.165, 1.54) is 9.21 Å². The van der Waals surface area contributed by atoms with E-state index in [0.717, 1.165) is 5.56 Å². The van der Waals surface area contributed by atoms with Crippen LogP contribution in [-0.2, 0) is 10.0 Å². The SMILES string of the molecule is Cc1ccc(S(=O)(=O)N2CC[NH+](C[C@@H](O)CCl)CC2)cc1. The standard InChI is InChI=1S/C14H21ClN2O3S/c1-12-2-4-14(5-3-12)21(19,20)17-8-6-16(7-9-17)11-13(18)10-15/h2-5,13,18H,6-11H2,1H3/p+1/t13-/m0/s1. The van der Waals surface area contributed by atoms with E-state index in [4.69, 9.17) is 11.6 Å². The molecule has 1 aliphatic rings. The first-order valence-electron chi connectivity index (χ1n) is 7.08. The van der Waals surface area contributed by atoms with E-state index in [1.807, 2.05) is 19.1 Å². The highest BCUT2D eigenvalue weighted by Gasteiger charge is 2.30. The Balaban J connectivity index is 1.99. The lowest BCUT2D eigenvalue weighted by atomic mass is 10.2. The van der Waals surface area contributed by atoms with E-state index in [-0.39, 0.29) is 5.88 Å². The molecule has 1 fully saturated rings. The number of nitrogens with zero attached hydrogens (tertiary/aromatic N) is 1. The minimum atomic E-state index is -3.40. The molecule has 1 aliphatic heterocycles. The third kappa shape index (κ3) is 4.17. The van der Waals surface area contributed by atoms with Gasteiger partial charge in [-0.2, -0.15) is 4.31 Å². The number of hydrogen-bond donors (Lipinski definition) is 2. The summed E-state index contributed by atoms with van der Waals surface area (Å²) in [6.45, 7) is 4.84. The van der Waals surface area contributed by atoms with Crippen molar-refractivity contribution in [2.45, 2.75) is 17.9 Å². The van der Waals surface area contributed by atoms with Gasteiger partial charge in [0, 0.05) is 0 Å². The minimum Gasteiger partial charge on any atom is -0.386 e. The van der Waals surface area contributed by atoms with Gasteiger partial charge in [-0.3, -0.25) is 0 Å². The molecular formula is C14H22ClN2O3S+. The summed E-state index contributed by atoms with van der Waals surface area (Å²) in [6, 6.07) is 6.93. The Morgan fingerprint density at radius 3 is 2.38 bits per heavy atom. The molecule has 0 bridgehead atoms. The highest BCUT2D eigenvalue weighted by molar-refractivity contribution is 7.89. The molecule has 0 spiro atoms. The topological polar surface area (TPSA) is 62.0 Å². The monoisotopic (exact) mass is 333 g/mol. The molecule has 1 atom stereocenters. The zero-order chi connectivity index (χ0) is 15.5. The summed E-state index contributed by atoms with van der Waals surface area (Å²) in [4.78, 5) is 1.54. The number of alkyl halides is 1. The molecule has 1 saturated heterocycles. The number of aryl methyl sites for hydroxylation is 1. The van der Waals surface area contributed by atoms with E-state index in [9.17, 15) is 13.5 Å². The summed E-state index contributed by atoms with van der Waals surface area (Å²) in [5, 5.41) is 9.56. The number of benzene rings is 1. The lowest BCUT2D eigenvalue weighted by Gasteiger charge is -2.32. The first-order valence-corrected chi connectivity index (χ1v) is 9.05. The van der Waals surface area contributed by atoms with Gasteiger partial charge >= 0.3 is 0 Å². The van der Waals surface area contributed by atoms with Crippen molar-refractivity contribution >= 4 is 21.6 Å². The van der Waals surface area contributed by atoms with Gasteiger partial charge in [-0.1, -0.05) is 17.7 Å². The number of quaternary nitrogens is 1. The zero-order valence-corrected chi connectivity index (χ0v) is 13.7. The second-order valence-electron chi connectivity index (χ2n) is 5.48. The third-order valence-corrected chi connectivity index (χ3v) is 6.06. The fourth-order valence-corrected chi connectivity index (χ4v) is 4.04. The lowest BCUT2D eigenvalue weighted by Crippen LogP contribution is -3.15. The zero-order valence-electron chi connectivity index (χ0n) is 12.1. The quantitative estimate of drug-likeness (QED) is 0.713. The molecule has 0 saturated carbocycles. The smallest absolute Gasteiger partial charge is 0.243 e. The third-order valence-electron chi connectivity index (χ3n) is 3.79. The number of aliphatic hydroxyl groups is 1. The number of halogens is 1. The van der Waals surface area contributed by atoms with Gasteiger partial charge in [-0.15, -0.1) is 11.6 Å². The number of piperazine rings is 1. The molecule has 1 aromatic rings. The molecule has 0 unspecified atom stereocenters. The molecule has 0 radical (unpaired) electrons. The maximum absolute atomic E-state index is 12.5. The molecular weight excluding hydrogens is 312 g/mol. The average molecular weight is 334 g/mol. The largest absolute Gasteiger partial charge is 0.386 e. The van der Waals surface area contributed by atoms with Crippen molar-refractivity contribution in [1.29, 1.82) is 0 Å². The molecule has 0 amide bonds.